The molecule has 1 aromatic rings. The van der Waals surface area contributed by atoms with Gasteiger partial charge in [-0.25, -0.2) is 4.39 Å². The fraction of sp³-hybridized carbons (Fsp3) is 0.417. The first kappa shape index (κ1) is 13.4. The standard InChI is InChI=1S/C12H18FN3O/c1-3-4-16(2)8-9-5-10(12(14)15-17)7-11(13)6-9/h5-7,17H,3-4,8H2,1-2H3,(H2,14,15). The third-order valence-corrected chi connectivity index (χ3v) is 2.42. The molecule has 0 amide bonds. The van der Waals surface area contributed by atoms with Crippen molar-refractivity contribution in [3.05, 3.63) is 35.1 Å². The molecule has 0 heterocycles. The summed E-state index contributed by atoms with van der Waals surface area (Å²) in [5, 5.41) is 11.4. The number of hydrogen-bond donors (Lipinski definition) is 2. The Hall–Kier alpha value is -1.62. The van der Waals surface area contributed by atoms with Crippen molar-refractivity contribution in [3.63, 3.8) is 0 Å². The largest absolute Gasteiger partial charge is 0.409 e. The number of amidine groups is 1. The molecule has 0 saturated carbocycles. The molecular weight excluding hydrogens is 221 g/mol. The molecule has 0 spiro atoms. The normalized spacial score (nSPS) is 12.1. The fourth-order valence-electron chi connectivity index (χ4n) is 1.72. The monoisotopic (exact) mass is 239 g/mol. The van der Waals surface area contributed by atoms with Gasteiger partial charge in [-0.3, -0.25) is 0 Å². The van der Waals surface area contributed by atoms with Crippen molar-refractivity contribution >= 4 is 5.84 Å². The Morgan fingerprint density at radius 3 is 2.76 bits per heavy atom. The quantitative estimate of drug-likeness (QED) is 0.356. The van der Waals surface area contributed by atoms with Crippen LogP contribution >= 0.6 is 0 Å². The van der Waals surface area contributed by atoms with E-state index in [-0.39, 0.29) is 11.7 Å². The van der Waals surface area contributed by atoms with Crippen LogP contribution in [0.3, 0.4) is 0 Å². The van der Waals surface area contributed by atoms with Crippen LogP contribution in [0, 0.1) is 5.82 Å². The maximum Gasteiger partial charge on any atom is 0.170 e. The molecule has 17 heavy (non-hydrogen) atoms. The van der Waals surface area contributed by atoms with E-state index in [0.29, 0.717) is 12.1 Å². The highest BCUT2D eigenvalue weighted by atomic mass is 19.1. The van der Waals surface area contributed by atoms with Crippen LogP contribution in [-0.2, 0) is 6.54 Å². The maximum atomic E-state index is 13.3. The van der Waals surface area contributed by atoms with E-state index < -0.39 is 0 Å². The molecule has 0 atom stereocenters. The molecule has 0 aliphatic rings. The zero-order valence-electron chi connectivity index (χ0n) is 10.2. The second-order valence-electron chi connectivity index (χ2n) is 4.07. The summed E-state index contributed by atoms with van der Waals surface area (Å²) < 4.78 is 13.3. The average molecular weight is 239 g/mol. The minimum absolute atomic E-state index is 0.0797. The van der Waals surface area contributed by atoms with Crippen molar-refractivity contribution in [1.29, 1.82) is 0 Å². The molecule has 94 valence electrons. The molecule has 0 saturated heterocycles. The number of benzene rings is 1. The molecule has 0 unspecified atom stereocenters. The molecule has 1 aromatic carbocycles. The molecule has 0 aliphatic carbocycles. The predicted molar refractivity (Wildman–Crippen MR) is 65.5 cm³/mol. The van der Waals surface area contributed by atoms with Crippen LogP contribution in [0.4, 0.5) is 4.39 Å². The first-order valence-corrected chi connectivity index (χ1v) is 5.52. The SMILES string of the molecule is CCCN(C)Cc1cc(F)cc(/C(N)=N/O)c1. The van der Waals surface area contributed by atoms with E-state index in [1.165, 1.54) is 12.1 Å². The maximum absolute atomic E-state index is 13.3. The van der Waals surface area contributed by atoms with E-state index in [9.17, 15) is 4.39 Å². The lowest BCUT2D eigenvalue weighted by Crippen LogP contribution is -2.19. The smallest absolute Gasteiger partial charge is 0.170 e. The highest BCUT2D eigenvalue weighted by molar-refractivity contribution is 5.97. The molecule has 4 nitrogen and oxygen atoms in total. The van der Waals surface area contributed by atoms with E-state index in [1.807, 2.05) is 7.05 Å². The Morgan fingerprint density at radius 1 is 1.47 bits per heavy atom. The topological polar surface area (TPSA) is 61.8 Å². The average Bonchev–Trinajstić information content (AvgIpc) is 2.27. The van der Waals surface area contributed by atoms with E-state index >= 15 is 0 Å². The third kappa shape index (κ3) is 4.03. The van der Waals surface area contributed by atoms with Gasteiger partial charge in [0.2, 0.25) is 0 Å². The Morgan fingerprint density at radius 2 is 2.18 bits per heavy atom. The van der Waals surface area contributed by atoms with Crippen LogP contribution in [-0.4, -0.2) is 29.5 Å². The Kier molecular flexibility index (Phi) is 4.90. The van der Waals surface area contributed by atoms with Crippen LogP contribution in [0.5, 0.6) is 0 Å². The first-order valence-electron chi connectivity index (χ1n) is 5.52. The van der Waals surface area contributed by atoms with Crippen LogP contribution in [0.25, 0.3) is 0 Å². The van der Waals surface area contributed by atoms with E-state index in [2.05, 4.69) is 17.0 Å². The van der Waals surface area contributed by atoms with Gasteiger partial charge in [-0.2, -0.15) is 0 Å². The van der Waals surface area contributed by atoms with E-state index in [4.69, 9.17) is 10.9 Å². The summed E-state index contributed by atoms with van der Waals surface area (Å²) >= 11 is 0. The lowest BCUT2D eigenvalue weighted by molar-refractivity contribution is 0.318. The highest BCUT2D eigenvalue weighted by Crippen LogP contribution is 2.11. The summed E-state index contributed by atoms with van der Waals surface area (Å²) in [4.78, 5) is 2.09. The fourth-order valence-corrected chi connectivity index (χ4v) is 1.72. The van der Waals surface area contributed by atoms with Gasteiger partial charge < -0.3 is 15.8 Å². The first-order chi connectivity index (χ1) is 8.06. The Labute approximate surface area is 101 Å². The number of halogens is 1. The molecule has 3 N–H and O–H groups in total. The number of rotatable bonds is 5. The molecule has 0 bridgehead atoms. The Bertz CT molecular complexity index is 407. The number of hydrogen-bond acceptors (Lipinski definition) is 3. The molecule has 0 fully saturated rings. The lowest BCUT2D eigenvalue weighted by Gasteiger charge is -2.16. The minimum atomic E-state index is -0.381. The zero-order valence-corrected chi connectivity index (χ0v) is 10.2. The molecular formula is C12H18FN3O. The van der Waals surface area contributed by atoms with Gasteiger partial charge in [0, 0.05) is 12.1 Å². The summed E-state index contributed by atoms with van der Waals surface area (Å²) in [6.07, 6.45) is 1.04. The Balaban J connectivity index is 2.90. The molecule has 0 aromatic heterocycles. The van der Waals surface area contributed by atoms with Crippen LogP contribution in [0.15, 0.2) is 23.4 Å². The number of oxime groups is 1. The van der Waals surface area contributed by atoms with Gasteiger partial charge >= 0.3 is 0 Å². The van der Waals surface area contributed by atoms with Crippen LogP contribution in [0.1, 0.15) is 24.5 Å². The van der Waals surface area contributed by atoms with Gasteiger partial charge in [-0.15, -0.1) is 0 Å². The lowest BCUT2D eigenvalue weighted by atomic mass is 10.1. The van der Waals surface area contributed by atoms with Crippen molar-refractivity contribution in [2.24, 2.45) is 10.9 Å². The van der Waals surface area contributed by atoms with Crippen molar-refractivity contribution in [2.75, 3.05) is 13.6 Å². The molecule has 0 radical (unpaired) electrons. The van der Waals surface area contributed by atoms with Gasteiger partial charge in [0.15, 0.2) is 5.84 Å². The molecule has 5 heteroatoms. The van der Waals surface area contributed by atoms with E-state index in [1.54, 1.807) is 6.07 Å². The number of nitrogens with zero attached hydrogens (tertiary/aromatic N) is 2. The summed E-state index contributed by atoms with van der Waals surface area (Å²) in [6.45, 7) is 3.66. The number of nitrogens with two attached hydrogens (primary N) is 1. The predicted octanol–water partition coefficient (Wildman–Crippen LogP) is 1.76. The van der Waals surface area contributed by atoms with E-state index in [0.717, 1.165) is 18.5 Å². The van der Waals surface area contributed by atoms with Gasteiger partial charge in [0.1, 0.15) is 5.82 Å². The third-order valence-electron chi connectivity index (χ3n) is 2.42. The molecule has 0 aliphatic heterocycles. The van der Waals surface area contributed by atoms with Crippen LogP contribution in [0.2, 0.25) is 0 Å². The summed E-state index contributed by atoms with van der Waals surface area (Å²) in [7, 11) is 1.97. The zero-order chi connectivity index (χ0) is 12.8. The molecule has 1 rings (SSSR count). The summed E-state index contributed by atoms with van der Waals surface area (Å²) in [5.41, 5.74) is 6.64. The van der Waals surface area contributed by atoms with Gasteiger partial charge in [-0.1, -0.05) is 12.1 Å². The highest BCUT2D eigenvalue weighted by Gasteiger charge is 2.06. The van der Waals surface area contributed by atoms with Gasteiger partial charge in [-0.05, 0) is 43.8 Å². The second-order valence-corrected chi connectivity index (χ2v) is 4.07. The van der Waals surface area contributed by atoms with Crippen molar-refractivity contribution in [1.82, 2.24) is 4.90 Å². The van der Waals surface area contributed by atoms with Gasteiger partial charge in [0.25, 0.3) is 0 Å². The van der Waals surface area contributed by atoms with Crippen LogP contribution < -0.4 is 5.73 Å². The van der Waals surface area contributed by atoms with Crippen molar-refractivity contribution < 1.29 is 9.60 Å². The van der Waals surface area contributed by atoms with Crippen molar-refractivity contribution in [3.8, 4) is 0 Å². The van der Waals surface area contributed by atoms with Gasteiger partial charge in [0.05, 0.1) is 0 Å². The minimum Gasteiger partial charge on any atom is -0.409 e. The summed E-state index contributed by atoms with van der Waals surface area (Å²) in [5.74, 6) is -0.460. The summed E-state index contributed by atoms with van der Waals surface area (Å²) in [6, 6.07) is 4.43. The second kappa shape index (κ2) is 6.20. The van der Waals surface area contributed by atoms with Crippen molar-refractivity contribution in [2.45, 2.75) is 19.9 Å².